The molecule has 2 heterocycles. The Morgan fingerprint density at radius 3 is 2.31 bits per heavy atom. The molecule has 3 unspecified atom stereocenters. The number of thioether (sulfide) groups is 1. The van der Waals surface area contributed by atoms with Crippen LogP contribution in [0, 0.1) is 0 Å². The highest BCUT2D eigenvalue weighted by Gasteiger charge is 2.30. The molecule has 54 heavy (non-hydrogen) atoms. The van der Waals surface area contributed by atoms with Gasteiger partial charge >= 0.3 is 0 Å². The summed E-state index contributed by atoms with van der Waals surface area (Å²) in [6.45, 7) is 8.57. The number of fused-ring (bicyclic) bond motifs is 2. The lowest BCUT2D eigenvalue weighted by Gasteiger charge is -2.26. The van der Waals surface area contributed by atoms with E-state index in [9.17, 15) is 25.9 Å². The van der Waals surface area contributed by atoms with Crippen LogP contribution in [-0.4, -0.2) is 56.2 Å². The molecule has 1 aromatic heterocycles. The van der Waals surface area contributed by atoms with Crippen molar-refractivity contribution in [1.82, 2.24) is 0 Å². The second-order valence-corrected chi connectivity index (χ2v) is 19.4. The predicted molar refractivity (Wildman–Crippen MR) is 216 cm³/mol. The minimum Gasteiger partial charge on any atom is -0.748 e. The van der Waals surface area contributed by atoms with E-state index in [4.69, 9.17) is 9.47 Å². The molecule has 1 aliphatic heterocycles. The van der Waals surface area contributed by atoms with Gasteiger partial charge in [-0.3, -0.25) is 4.55 Å². The Bertz CT molecular complexity index is 2300. The van der Waals surface area contributed by atoms with E-state index in [1.54, 1.807) is 23.1 Å². The van der Waals surface area contributed by atoms with Gasteiger partial charge in [-0.25, -0.2) is 8.42 Å². The highest BCUT2D eigenvalue weighted by atomic mass is 32.2. The van der Waals surface area contributed by atoms with Crippen molar-refractivity contribution in [1.29, 1.82) is 0 Å². The molecule has 3 atom stereocenters. The number of ether oxygens (including phenoxy) is 2. The van der Waals surface area contributed by atoms with E-state index in [0.717, 1.165) is 66.3 Å². The van der Waals surface area contributed by atoms with Crippen molar-refractivity contribution < 1.29 is 40.0 Å². The second-order valence-electron chi connectivity index (χ2n) is 13.6. The smallest absolute Gasteiger partial charge is 0.267 e. The Labute approximate surface area is 326 Å². The van der Waals surface area contributed by atoms with Crippen LogP contribution in [0.3, 0.4) is 0 Å². The summed E-state index contributed by atoms with van der Waals surface area (Å²) in [5.41, 5.74) is 5.26. The first kappa shape index (κ1) is 40.0. The van der Waals surface area contributed by atoms with E-state index in [1.165, 1.54) is 19.4 Å². The lowest BCUT2D eigenvalue weighted by molar-refractivity contribution is -0.669. The van der Waals surface area contributed by atoms with E-state index < -0.39 is 30.7 Å². The topological polar surface area (TPSA) is 137 Å². The van der Waals surface area contributed by atoms with E-state index in [0.29, 0.717) is 26.3 Å². The van der Waals surface area contributed by atoms with Gasteiger partial charge in [0.25, 0.3) is 15.1 Å². The first-order chi connectivity index (χ1) is 25.7. The molecule has 0 amide bonds. The van der Waals surface area contributed by atoms with E-state index in [-0.39, 0.29) is 18.8 Å². The van der Waals surface area contributed by atoms with Crippen molar-refractivity contribution in [2.45, 2.75) is 81.2 Å². The third-order valence-electron chi connectivity index (χ3n) is 9.77. The predicted octanol–water partition coefficient (Wildman–Crippen LogP) is 8.32. The average Bonchev–Trinajstić information content (AvgIpc) is 3.64. The molecule has 0 saturated carbocycles. The maximum absolute atomic E-state index is 12.0. The van der Waals surface area contributed by atoms with Crippen LogP contribution in [0.4, 0.5) is 5.69 Å². The number of aryl methyl sites for hydroxylation is 1. The molecule has 10 nitrogen and oxygen atoms in total. The van der Waals surface area contributed by atoms with Crippen LogP contribution in [0.1, 0.15) is 69.9 Å². The van der Waals surface area contributed by atoms with Gasteiger partial charge in [0.1, 0.15) is 16.2 Å². The first-order valence-corrected chi connectivity index (χ1v) is 22.7. The van der Waals surface area contributed by atoms with Gasteiger partial charge in [0, 0.05) is 30.0 Å². The van der Waals surface area contributed by atoms with Gasteiger partial charge in [0.05, 0.1) is 50.6 Å². The quantitative estimate of drug-likeness (QED) is 0.0922. The minimum absolute atomic E-state index is 0.173. The van der Waals surface area contributed by atoms with Gasteiger partial charge in [0.15, 0.2) is 6.54 Å². The largest absolute Gasteiger partial charge is 0.748 e. The number of nitrogens with zero attached hydrogens (tertiary/aromatic N) is 2. The molecule has 0 fully saturated rings. The number of hydrogen-bond acceptors (Lipinski definition) is 10. The lowest BCUT2D eigenvalue weighted by Crippen LogP contribution is -2.37. The van der Waals surface area contributed by atoms with Crippen LogP contribution in [0.25, 0.3) is 16.3 Å². The maximum Gasteiger partial charge on any atom is 0.267 e. The van der Waals surface area contributed by atoms with Gasteiger partial charge in [-0.05, 0) is 99.9 Å². The molecule has 4 aromatic rings. The fraction of sp³-hybridized carbons (Fsp3) is 0.375. The number of anilines is 1. The molecule has 1 aliphatic carbocycles. The standard InChI is InChI=1S/C40H46N2O8S4/c1-5-49-33-12-14-37-35(25-33)41(18-16-27(3)53(43,44)45)39(51-37)23-29-20-30(22-32(21-29)31-10-8-7-9-11-31)24-40-42(19-17-28(4)54(46,47)48)36-26-34(50-6-2)13-15-38(36)52-40/h7-15,20,23-28,32H,5-6,16-19,21-22H2,1-4H3,(H-,43,44,45,46,47,48). The van der Waals surface area contributed by atoms with Crippen LogP contribution in [0.15, 0.2) is 100.0 Å². The van der Waals surface area contributed by atoms with Crippen LogP contribution >= 0.6 is 23.1 Å². The summed E-state index contributed by atoms with van der Waals surface area (Å²) < 4.78 is 83.9. The zero-order valence-corrected chi connectivity index (χ0v) is 34.1. The number of aromatic nitrogens is 1. The molecule has 1 N–H and O–H groups in total. The second kappa shape index (κ2) is 17.0. The molecule has 14 heteroatoms. The highest BCUT2D eigenvalue weighted by Crippen LogP contribution is 2.49. The molecular weight excluding hydrogens is 765 g/mol. The fourth-order valence-electron chi connectivity index (χ4n) is 6.74. The van der Waals surface area contributed by atoms with Gasteiger partial charge < -0.3 is 18.9 Å². The number of rotatable bonds is 15. The summed E-state index contributed by atoms with van der Waals surface area (Å²) in [7, 11) is -8.63. The van der Waals surface area contributed by atoms with Crippen LogP contribution in [-0.2, 0) is 26.8 Å². The SMILES string of the molecule is CCOc1ccc2c(c1)N(CCC(C)S(=O)(=O)O)C(=CC1=CC(=Cc3sc4ccc(OCC)cc4[n+]3CCC(C)S(=O)(=O)[O-])CC(c3ccccc3)C1)S2. The van der Waals surface area contributed by atoms with Gasteiger partial charge in [-0.2, -0.15) is 13.0 Å². The third-order valence-corrected chi connectivity index (χ3v) is 14.5. The lowest BCUT2D eigenvalue weighted by atomic mass is 9.81. The number of hydrogen-bond donors (Lipinski definition) is 1. The minimum atomic E-state index is -4.44. The van der Waals surface area contributed by atoms with Crippen molar-refractivity contribution in [2.24, 2.45) is 0 Å². The molecule has 288 valence electrons. The normalized spacial score (nSPS) is 18.9. The highest BCUT2D eigenvalue weighted by molar-refractivity contribution is 8.03. The molecular formula is C40H46N2O8S4. The summed E-state index contributed by atoms with van der Waals surface area (Å²) >= 11 is 3.23. The molecule has 0 saturated heterocycles. The van der Waals surface area contributed by atoms with Gasteiger partial charge in [0.2, 0.25) is 5.52 Å². The van der Waals surface area contributed by atoms with Crippen LogP contribution in [0.2, 0.25) is 0 Å². The first-order valence-electron chi connectivity index (χ1n) is 18.1. The van der Waals surface area contributed by atoms with E-state index in [1.807, 2.05) is 68.4 Å². The van der Waals surface area contributed by atoms with Crippen molar-refractivity contribution in [3.05, 3.63) is 106 Å². The molecule has 2 aliphatic rings. The average molecular weight is 811 g/mol. The van der Waals surface area contributed by atoms with Crippen LogP contribution in [0.5, 0.6) is 11.5 Å². The maximum atomic E-state index is 12.0. The van der Waals surface area contributed by atoms with Gasteiger partial charge in [-0.1, -0.05) is 59.5 Å². The summed E-state index contributed by atoms with van der Waals surface area (Å²) in [5, 5.41) is -0.0725. The molecule has 3 aromatic carbocycles. The summed E-state index contributed by atoms with van der Waals surface area (Å²) in [6, 6.07) is 22.3. The Kier molecular flexibility index (Phi) is 12.6. The third kappa shape index (κ3) is 9.58. The number of allylic oxidation sites excluding steroid dienone is 4. The summed E-state index contributed by atoms with van der Waals surface area (Å²) in [4.78, 5) is 3.14. The zero-order valence-electron chi connectivity index (χ0n) is 30.8. The Hall–Kier alpha value is -3.66. The van der Waals surface area contributed by atoms with Crippen molar-refractivity contribution in [2.75, 3.05) is 24.7 Å². The van der Waals surface area contributed by atoms with Crippen molar-refractivity contribution in [3.63, 3.8) is 0 Å². The molecule has 6 rings (SSSR count). The number of thiazole rings is 1. The Morgan fingerprint density at radius 2 is 1.63 bits per heavy atom. The number of benzene rings is 3. The monoisotopic (exact) mass is 810 g/mol. The van der Waals surface area contributed by atoms with Crippen molar-refractivity contribution in [3.8, 4) is 11.5 Å². The van der Waals surface area contributed by atoms with E-state index in [2.05, 4.69) is 39.8 Å². The molecule has 0 radical (unpaired) electrons. The molecule has 0 bridgehead atoms. The fourth-order valence-corrected chi connectivity index (χ4v) is 9.83. The van der Waals surface area contributed by atoms with Crippen molar-refractivity contribution >= 4 is 65.3 Å². The van der Waals surface area contributed by atoms with Gasteiger partial charge in [-0.15, -0.1) is 0 Å². The Morgan fingerprint density at radius 1 is 0.926 bits per heavy atom. The molecule has 0 spiro atoms. The van der Waals surface area contributed by atoms with Crippen LogP contribution < -0.4 is 18.9 Å². The zero-order chi connectivity index (χ0) is 38.6. The summed E-state index contributed by atoms with van der Waals surface area (Å²) in [5.74, 6) is 1.62. The van der Waals surface area contributed by atoms with E-state index >= 15 is 0 Å². The Balaban J connectivity index is 1.43. The summed E-state index contributed by atoms with van der Waals surface area (Å²) in [6.07, 6.45) is 8.53.